The van der Waals surface area contributed by atoms with Crippen LogP contribution in [-0.2, 0) is 14.4 Å². The van der Waals surface area contributed by atoms with Gasteiger partial charge in [0.25, 0.3) is 0 Å². The smallest absolute Gasteiger partial charge is 0.233 e. The number of likely N-dealkylation sites (tertiary alicyclic amines) is 1. The number of carbonyl (C=O) groups is 3. The van der Waals surface area contributed by atoms with Gasteiger partial charge in [0.15, 0.2) is 0 Å². The summed E-state index contributed by atoms with van der Waals surface area (Å²) in [5.74, 6) is 0.377. The zero-order chi connectivity index (χ0) is 23.2. The van der Waals surface area contributed by atoms with Gasteiger partial charge in [-0.25, -0.2) is 0 Å². The molecule has 3 fully saturated rings. The number of carbonyl (C=O) groups excluding carboxylic acids is 3. The average molecular weight is 457 g/mol. The molecule has 1 saturated carbocycles. The lowest BCUT2D eigenvalue weighted by molar-refractivity contribution is -0.140. The first-order valence-electron chi connectivity index (χ1n) is 12.3. The van der Waals surface area contributed by atoms with Gasteiger partial charge in [0.2, 0.25) is 17.7 Å². The quantitative estimate of drug-likeness (QED) is 0.451. The van der Waals surface area contributed by atoms with Crippen molar-refractivity contribution >= 4 is 23.4 Å². The largest absolute Gasteiger partial charge is 0.497 e. The maximum absolute atomic E-state index is 12.5. The first-order chi connectivity index (χ1) is 16.1. The van der Waals surface area contributed by atoms with Crippen LogP contribution in [0, 0.1) is 11.8 Å². The van der Waals surface area contributed by atoms with E-state index < -0.39 is 0 Å². The number of amides is 3. The molecule has 3 amide bonds. The molecule has 2 heterocycles. The summed E-state index contributed by atoms with van der Waals surface area (Å²) in [4.78, 5) is 43.4. The van der Waals surface area contributed by atoms with Gasteiger partial charge in [-0.05, 0) is 50.1 Å². The molecule has 180 valence electrons. The first-order valence-corrected chi connectivity index (χ1v) is 12.3. The van der Waals surface area contributed by atoms with Crippen LogP contribution in [-0.4, -0.2) is 80.4 Å². The van der Waals surface area contributed by atoms with E-state index in [9.17, 15) is 14.4 Å². The molecule has 1 aromatic rings. The number of fused-ring (bicyclic) bond motifs is 1. The summed E-state index contributed by atoms with van der Waals surface area (Å²) in [6, 6.07) is 8.18. The number of hydrogen-bond acceptors (Lipinski definition) is 6. The van der Waals surface area contributed by atoms with Gasteiger partial charge in [-0.15, -0.1) is 0 Å². The number of benzene rings is 1. The molecule has 1 aliphatic carbocycles. The molecule has 0 spiro atoms. The zero-order valence-corrected chi connectivity index (χ0v) is 19.6. The molecule has 0 radical (unpaired) electrons. The van der Waals surface area contributed by atoms with Gasteiger partial charge in [-0.2, -0.15) is 0 Å². The molecule has 8 nitrogen and oxygen atoms in total. The van der Waals surface area contributed by atoms with Crippen LogP contribution in [0.4, 0.5) is 5.69 Å². The fourth-order valence-corrected chi connectivity index (χ4v) is 5.31. The van der Waals surface area contributed by atoms with Gasteiger partial charge in [0.05, 0.1) is 18.9 Å². The van der Waals surface area contributed by atoms with Gasteiger partial charge < -0.3 is 15.0 Å². The molecular formula is C25H36N4O4. The third-order valence-electron chi connectivity index (χ3n) is 7.28. The normalized spacial score (nSPS) is 23.5. The summed E-state index contributed by atoms with van der Waals surface area (Å²) in [5.41, 5.74) is 1.22. The number of nitrogens with zero attached hydrogens (tertiary/aromatic N) is 3. The van der Waals surface area contributed by atoms with Gasteiger partial charge in [0.1, 0.15) is 5.75 Å². The first kappa shape index (κ1) is 23.5. The van der Waals surface area contributed by atoms with E-state index in [-0.39, 0.29) is 42.5 Å². The van der Waals surface area contributed by atoms with Gasteiger partial charge in [0, 0.05) is 51.4 Å². The minimum Gasteiger partial charge on any atom is -0.497 e. The number of hydrogen-bond donors (Lipinski definition) is 1. The van der Waals surface area contributed by atoms with Crippen molar-refractivity contribution in [3.8, 4) is 5.75 Å². The van der Waals surface area contributed by atoms with E-state index in [1.807, 2.05) is 12.1 Å². The number of methoxy groups -OCH3 is 1. The Morgan fingerprint density at radius 1 is 0.970 bits per heavy atom. The Morgan fingerprint density at radius 3 is 2.21 bits per heavy atom. The summed E-state index contributed by atoms with van der Waals surface area (Å²) in [6.45, 7) is 5.75. The van der Waals surface area contributed by atoms with Crippen molar-refractivity contribution in [2.45, 2.75) is 38.5 Å². The Hall–Kier alpha value is -2.61. The molecule has 3 aliphatic rings. The molecule has 2 saturated heterocycles. The molecule has 0 aromatic heterocycles. The topological polar surface area (TPSA) is 82.2 Å². The van der Waals surface area contributed by atoms with Crippen LogP contribution in [0.3, 0.4) is 0 Å². The van der Waals surface area contributed by atoms with Crippen LogP contribution in [0.25, 0.3) is 0 Å². The van der Waals surface area contributed by atoms with Crippen LogP contribution < -0.4 is 15.0 Å². The van der Waals surface area contributed by atoms with Gasteiger partial charge >= 0.3 is 0 Å². The standard InChI is InChI=1S/C25H36N4O4/c1-33-20-9-7-19(8-10-20)28-17-15-27(16-18-28)13-4-12-26-23(30)11-14-29-24(31)21-5-2-3-6-22(21)25(29)32/h7-10,21-22H,2-6,11-18H2,1H3,(H,26,30). The molecule has 2 atom stereocenters. The van der Waals surface area contributed by atoms with Crippen LogP contribution in [0.15, 0.2) is 24.3 Å². The maximum Gasteiger partial charge on any atom is 0.233 e. The lowest BCUT2D eigenvalue weighted by Crippen LogP contribution is -2.47. The number of ether oxygens (including phenoxy) is 1. The van der Waals surface area contributed by atoms with E-state index >= 15 is 0 Å². The van der Waals surface area contributed by atoms with Crippen molar-refractivity contribution in [2.75, 3.05) is 57.8 Å². The Morgan fingerprint density at radius 2 is 1.61 bits per heavy atom. The molecule has 4 rings (SSSR count). The highest BCUT2D eigenvalue weighted by atomic mass is 16.5. The van der Waals surface area contributed by atoms with Crippen molar-refractivity contribution in [2.24, 2.45) is 11.8 Å². The third-order valence-corrected chi connectivity index (χ3v) is 7.28. The molecule has 1 N–H and O–H groups in total. The molecule has 1 aromatic carbocycles. The number of rotatable bonds is 9. The fraction of sp³-hybridized carbons (Fsp3) is 0.640. The number of anilines is 1. The summed E-state index contributed by atoms with van der Waals surface area (Å²) >= 11 is 0. The minimum atomic E-state index is -0.139. The van der Waals surface area contributed by atoms with E-state index in [1.165, 1.54) is 10.6 Å². The highest BCUT2D eigenvalue weighted by Crippen LogP contribution is 2.37. The lowest BCUT2D eigenvalue weighted by Gasteiger charge is -2.36. The molecule has 8 heteroatoms. The average Bonchev–Trinajstić information content (AvgIpc) is 3.10. The highest BCUT2D eigenvalue weighted by molar-refractivity contribution is 6.05. The molecule has 33 heavy (non-hydrogen) atoms. The predicted molar refractivity (Wildman–Crippen MR) is 126 cm³/mol. The van der Waals surface area contributed by atoms with E-state index in [0.717, 1.165) is 70.6 Å². The summed E-state index contributed by atoms with van der Waals surface area (Å²) in [5, 5.41) is 2.95. The number of nitrogens with one attached hydrogen (secondary N) is 1. The lowest BCUT2D eigenvalue weighted by atomic mass is 9.81. The number of piperazine rings is 1. The van der Waals surface area contributed by atoms with Crippen molar-refractivity contribution in [3.05, 3.63) is 24.3 Å². The van der Waals surface area contributed by atoms with E-state index in [4.69, 9.17) is 4.74 Å². The number of imide groups is 1. The van der Waals surface area contributed by atoms with Crippen LogP contribution in [0.2, 0.25) is 0 Å². The SMILES string of the molecule is COc1ccc(N2CCN(CCCNC(=O)CCN3C(=O)C4CCCCC4C3=O)CC2)cc1. The predicted octanol–water partition coefficient (Wildman–Crippen LogP) is 1.89. The Bertz CT molecular complexity index is 811. The molecule has 2 aliphatic heterocycles. The second-order valence-electron chi connectivity index (χ2n) is 9.31. The molecule has 0 bridgehead atoms. The van der Waals surface area contributed by atoms with Crippen molar-refractivity contribution < 1.29 is 19.1 Å². The monoisotopic (exact) mass is 456 g/mol. The fourth-order valence-electron chi connectivity index (χ4n) is 5.31. The van der Waals surface area contributed by atoms with Crippen molar-refractivity contribution in [3.63, 3.8) is 0 Å². The zero-order valence-electron chi connectivity index (χ0n) is 19.6. The van der Waals surface area contributed by atoms with Gasteiger partial charge in [-0.3, -0.25) is 24.2 Å². The Kier molecular flexibility index (Phi) is 7.85. The minimum absolute atomic E-state index is 0.0636. The van der Waals surface area contributed by atoms with Crippen LogP contribution in [0.5, 0.6) is 5.75 Å². The second-order valence-corrected chi connectivity index (χ2v) is 9.31. The Labute approximate surface area is 196 Å². The Balaban J connectivity index is 1.09. The summed E-state index contributed by atoms with van der Waals surface area (Å²) < 4.78 is 5.23. The summed E-state index contributed by atoms with van der Waals surface area (Å²) in [6.07, 6.45) is 4.74. The maximum atomic E-state index is 12.5. The van der Waals surface area contributed by atoms with E-state index in [2.05, 4.69) is 27.2 Å². The molecule has 2 unspecified atom stereocenters. The van der Waals surface area contributed by atoms with Crippen LogP contribution >= 0.6 is 0 Å². The van der Waals surface area contributed by atoms with Crippen LogP contribution in [0.1, 0.15) is 38.5 Å². The molecular weight excluding hydrogens is 420 g/mol. The summed E-state index contributed by atoms with van der Waals surface area (Å²) in [7, 11) is 1.68. The van der Waals surface area contributed by atoms with E-state index in [0.29, 0.717) is 6.54 Å². The second kappa shape index (κ2) is 11.0. The highest BCUT2D eigenvalue weighted by Gasteiger charge is 2.47. The van der Waals surface area contributed by atoms with Gasteiger partial charge in [-0.1, -0.05) is 12.8 Å². The van der Waals surface area contributed by atoms with Crippen molar-refractivity contribution in [1.82, 2.24) is 15.1 Å². The van der Waals surface area contributed by atoms with Crippen molar-refractivity contribution in [1.29, 1.82) is 0 Å². The van der Waals surface area contributed by atoms with E-state index in [1.54, 1.807) is 7.11 Å². The third kappa shape index (κ3) is 5.66.